The molecule has 12 aromatic rings. The van der Waals surface area contributed by atoms with Crippen molar-refractivity contribution in [3.63, 3.8) is 0 Å². The molecule has 0 bridgehead atoms. The Balaban J connectivity index is 1.15. The number of aromatic nitrogens is 4. The van der Waals surface area contributed by atoms with Crippen molar-refractivity contribution in [2.24, 2.45) is 0 Å². The Morgan fingerprint density at radius 3 is 1.91 bits per heavy atom. The van der Waals surface area contributed by atoms with Crippen molar-refractivity contribution < 1.29 is 0 Å². The lowest BCUT2D eigenvalue weighted by molar-refractivity contribution is 1.08. The van der Waals surface area contributed by atoms with Crippen molar-refractivity contribution in [3.05, 3.63) is 170 Å². The molecule has 0 radical (unpaired) electrons. The normalized spacial score (nSPS) is 11.9. The van der Waals surface area contributed by atoms with E-state index in [0.717, 1.165) is 54.3 Å². The second kappa shape index (κ2) is 12.3. The van der Waals surface area contributed by atoms with Gasteiger partial charge in [-0.05, 0) is 41.1 Å². The van der Waals surface area contributed by atoms with Crippen LogP contribution in [0, 0.1) is 0 Å². The van der Waals surface area contributed by atoms with E-state index in [9.17, 15) is 0 Å². The second-order valence-corrected chi connectivity index (χ2v) is 16.2. The number of rotatable bonds is 4. The van der Waals surface area contributed by atoms with Gasteiger partial charge in [0, 0.05) is 78.8 Å². The maximum atomic E-state index is 5.36. The van der Waals surface area contributed by atoms with Crippen LogP contribution in [-0.2, 0) is 0 Å². The van der Waals surface area contributed by atoms with Crippen LogP contribution in [0.4, 0.5) is 0 Å². The summed E-state index contributed by atoms with van der Waals surface area (Å²) in [6.45, 7) is 0. The summed E-state index contributed by atoms with van der Waals surface area (Å²) in [7, 11) is 0. The van der Waals surface area contributed by atoms with Crippen LogP contribution >= 0.6 is 22.7 Å². The van der Waals surface area contributed by atoms with Crippen LogP contribution in [0.2, 0.25) is 0 Å². The van der Waals surface area contributed by atoms with Gasteiger partial charge in [-0.1, -0.05) is 140 Å². The van der Waals surface area contributed by atoms with Crippen LogP contribution in [0.25, 0.3) is 118 Å². The van der Waals surface area contributed by atoms with Crippen molar-refractivity contribution in [3.8, 4) is 45.4 Å². The number of pyridine rings is 1. The van der Waals surface area contributed by atoms with Gasteiger partial charge in [0.15, 0.2) is 17.5 Å². The van der Waals surface area contributed by atoms with Gasteiger partial charge in [-0.3, -0.25) is 0 Å². The Morgan fingerprint density at radius 2 is 1.00 bits per heavy atom. The third-order valence-corrected chi connectivity index (χ3v) is 13.3. The van der Waals surface area contributed by atoms with Crippen molar-refractivity contribution >= 4 is 95.5 Å². The van der Waals surface area contributed by atoms with Crippen molar-refractivity contribution in [2.75, 3.05) is 0 Å². The van der Waals surface area contributed by atoms with Crippen LogP contribution in [0.3, 0.4) is 0 Å². The lowest BCUT2D eigenvalue weighted by atomic mass is 9.98. The fourth-order valence-corrected chi connectivity index (χ4v) is 10.8. The Morgan fingerprint density at radius 1 is 0.339 bits per heavy atom. The average Bonchev–Trinajstić information content (AvgIpc) is 3.85. The minimum atomic E-state index is 0.653. The van der Waals surface area contributed by atoms with Crippen LogP contribution in [0.15, 0.2) is 170 Å². The Kier molecular flexibility index (Phi) is 6.93. The van der Waals surface area contributed by atoms with Gasteiger partial charge in [0.1, 0.15) is 0 Å². The molecule has 0 unspecified atom stereocenters. The molecular formula is C50H28N4S2. The van der Waals surface area contributed by atoms with E-state index in [1.807, 2.05) is 11.3 Å². The molecule has 6 heteroatoms. The van der Waals surface area contributed by atoms with E-state index in [-0.39, 0.29) is 0 Å². The third-order valence-electron chi connectivity index (χ3n) is 10.9. The molecule has 0 fully saturated rings. The first-order chi connectivity index (χ1) is 27.7. The lowest BCUT2D eigenvalue weighted by Gasteiger charge is -2.11. The fourth-order valence-electron chi connectivity index (χ4n) is 8.32. The first-order valence-corrected chi connectivity index (χ1v) is 20.3. The van der Waals surface area contributed by atoms with Crippen LogP contribution in [0.5, 0.6) is 0 Å². The lowest BCUT2D eigenvalue weighted by Crippen LogP contribution is -2.00. The molecule has 12 rings (SSSR count). The topological polar surface area (TPSA) is 51.6 Å². The summed E-state index contributed by atoms with van der Waals surface area (Å²) < 4.78 is 4.85. The molecule has 0 aliphatic heterocycles. The highest BCUT2D eigenvalue weighted by atomic mass is 32.1. The van der Waals surface area contributed by atoms with Crippen molar-refractivity contribution in [1.29, 1.82) is 0 Å². The van der Waals surface area contributed by atoms with Gasteiger partial charge < -0.3 is 0 Å². The molecular weight excluding hydrogens is 721 g/mol. The molecule has 0 aliphatic carbocycles. The van der Waals surface area contributed by atoms with Gasteiger partial charge in [-0.2, -0.15) is 0 Å². The highest BCUT2D eigenvalue weighted by Gasteiger charge is 2.21. The summed E-state index contributed by atoms with van der Waals surface area (Å²) in [4.78, 5) is 21.1. The van der Waals surface area contributed by atoms with Crippen LogP contribution in [-0.4, -0.2) is 19.9 Å². The maximum absolute atomic E-state index is 5.36. The van der Waals surface area contributed by atoms with Gasteiger partial charge in [0.25, 0.3) is 0 Å². The monoisotopic (exact) mass is 748 g/mol. The predicted molar refractivity (Wildman–Crippen MR) is 238 cm³/mol. The first kappa shape index (κ1) is 31.5. The Labute approximate surface area is 329 Å². The smallest absolute Gasteiger partial charge is 0.165 e. The van der Waals surface area contributed by atoms with E-state index in [1.165, 1.54) is 46.4 Å². The molecule has 0 atom stereocenters. The molecule has 56 heavy (non-hydrogen) atoms. The highest BCUT2D eigenvalue weighted by molar-refractivity contribution is 7.27. The zero-order valence-electron chi connectivity index (χ0n) is 29.8. The minimum Gasteiger partial charge on any atom is -0.247 e. The number of nitrogens with zero attached hydrogens (tertiary/aromatic N) is 4. The van der Waals surface area contributed by atoms with E-state index in [1.54, 1.807) is 11.3 Å². The SMILES string of the molecule is c1ccc(-c2nc3ccccc3c3c2ccc2c4cccc(-c5nc(-c6ccc7ccccc7c6)nc(-c6cccc7sc8ccccc8c67)n5)c4sc23)cc1. The van der Waals surface area contributed by atoms with Crippen molar-refractivity contribution in [1.82, 2.24) is 19.9 Å². The number of hydrogen-bond acceptors (Lipinski definition) is 6. The minimum absolute atomic E-state index is 0.653. The van der Waals surface area contributed by atoms with Gasteiger partial charge in [0.2, 0.25) is 0 Å². The molecule has 4 nitrogen and oxygen atoms in total. The number of hydrogen-bond donors (Lipinski definition) is 0. The van der Waals surface area contributed by atoms with E-state index in [2.05, 4.69) is 170 Å². The van der Waals surface area contributed by atoms with E-state index < -0.39 is 0 Å². The summed E-state index contributed by atoms with van der Waals surface area (Å²) in [5, 5.41) is 10.6. The molecule has 0 N–H and O–H groups in total. The first-order valence-electron chi connectivity index (χ1n) is 18.6. The predicted octanol–water partition coefficient (Wildman–Crippen LogP) is 14.1. The van der Waals surface area contributed by atoms with Gasteiger partial charge in [-0.15, -0.1) is 22.7 Å². The van der Waals surface area contributed by atoms with Gasteiger partial charge in [-0.25, -0.2) is 19.9 Å². The Hall–Kier alpha value is -6.86. The number of thiophene rings is 2. The molecule has 0 amide bonds. The second-order valence-electron chi connectivity index (χ2n) is 14.1. The summed E-state index contributed by atoms with van der Waals surface area (Å²) in [6, 6.07) is 60.1. The van der Waals surface area contributed by atoms with E-state index >= 15 is 0 Å². The zero-order chi connectivity index (χ0) is 36.7. The highest BCUT2D eigenvalue weighted by Crippen LogP contribution is 2.46. The average molecular weight is 749 g/mol. The quantitative estimate of drug-likeness (QED) is 0.168. The number of benzene rings is 8. The molecule has 4 aromatic heterocycles. The summed E-state index contributed by atoms with van der Waals surface area (Å²) in [6.07, 6.45) is 0. The van der Waals surface area contributed by atoms with Crippen LogP contribution < -0.4 is 0 Å². The molecule has 0 saturated heterocycles. The summed E-state index contributed by atoms with van der Waals surface area (Å²) in [5.41, 5.74) is 6.05. The van der Waals surface area contributed by atoms with Crippen LogP contribution in [0.1, 0.15) is 0 Å². The number of para-hydroxylation sites is 1. The third kappa shape index (κ3) is 4.83. The largest absolute Gasteiger partial charge is 0.247 e. The van der Waals surface area contributed by atoms with Gasteiger partial charge in [0.05, 0.1) is 11.2 Å². The van der Waals surface area contributed by atoms with Gasteiger partial charge >= 0.3 is 0 Å². The molecule has 4 heterocycles. The zero-order valence-corrected chi connectivity index (χ0v) is 31.4. The molecule has 260 valence electrons. The maximum Gasteiger partial charge on any atom is 0.165 e. The van der Waals surface area contributed by atoms with E-state index in [4.69, 9.17) is 19.9 Å². The standard InChI is InChI=1S/C50H28N4S2/c1-2-13-30(14-3-1)45-37-27-26-34-33-18-10-20-39(46(33)56-47(34)44(37)35-16-6-8-21-40(35)51-45)50-53-48(32-25-24-29-12-4-5-15-31(29)28-32)52-49(54-50)38-19-11-23-42-43(38)36-17-7-9-22-41(36)55-42/h1-28H. The Bertz CT molecular complexity index is 3550. The molecule has 0 spiro atoms. The van der Waals surface area contributed by atoms with E-state index in [0.29, 0.717) is 17.5 Å². The summed E-state index contributed by atoms with van der Waals surface area (Å²) >= 11 is 3.62. The fraction of sp³-hybridized carbons (Fsp3) is 0. The number of fused-ring (bicyclic) bond motifs is 11. The summed E-state index contributed by atoms with van der Waals surface area (Å²) in [5.74, 6) is 1.98. The molecule has 0 saturated carbocycles. The van der Waals surface area contributed by atoms with Crippen molar-refractivity contribution in [2.45, 2.75) is 0 Å². The molecule has 0 aliphatic rings. The molecule has 8 aromatic carbocycles.